The molecule has 0 radical (unpaired) electrons. The van der Waals surface area contributed by atoms with Gasteiger partial charge in [-0.1, -0.05) is 0 Å². The van der Waals surface area contributed by atoms with E-state index in [1.54, 1.807) is 41.5 Å². The lowest BCUT2D eigenvalue weighted by molar-refractivity contribution is -0.137. The van der Waals surface area contributed by atoms with Gasteiger partial charge in [-0.15, -0.1) is 0 Å². The third kappa shape index (κ3) is 2.95. The zero-order chi connectivity index (χ0) is 13.4. The summed E-state index contributed by atoms with van der Waals surface area (Å²) in [7, 11) is 0. The monoisotopic (exact) mass is 229 g/mol. The van der Waals surface area contributed by atoms with Crippen molar-refractivity contribution in [2.45, 2.75) is 52.6 Å². The fourth-order valence-corrected chi connectivity index (χ4v) is 0.794. The van der Waals surface area contributed by atoms with Crippen LogP contribution in [-0.2, 0) is 9.59 Å². The van der Waals surface area contributed by atoms with E-state index in [2.05, 4.69) is 5.32 Å². The van der Waals surface area contributed by atoms with Crippen LogP contribution in [0.3, 0.4) is 0 Å². The largest absolute Gasteiger partial charge is 0.368 e. The number of nitrogens with two attached hydrogens (primary N) is 2. The van der Waals surface area contributed by atoms with Crippen LogP contribution in [0, 0.1) is 5.41 Å². The van der Waals surface area contributed by atoms with Crippen molar-refractivity contribution < 1.29 is 9.59 Å². The van der Waals surface area contributed by atoms with E-state index in [1.807, 2.05) is 0 Å². The molecule has 0 bridgehead atoms. The van der Waals surface area contributed by atoms with Gasteiger partial charge in [0.1, 0.15) is 5.54 Å². The topological polar surface area (TPSA) is 98.2 Å². The van der Waals surface area contributed by atoms with Crippen molar-refractivity contribution in [3.63, 3.8) is 0 Å². The lowest BCUT2D eigenvalue weighted by Crippen LogP contribution is -2.61. The Bertz CT molecular complexity index is 301. The maximum atomic E-state index is 12.0. The minimum Gasteiger partial charge on any atom is -0.368 e. The lowest BCUT2D eigenvalue weighted by Gasteiger charge is -2.39. The van der Waals surface area contributed by atoms with Gasteiger partial charge < -0.3 is 16.8 Å². The number of primary amides is 1. The number of amides is 2. The van der Waals surface area contributed by atoms with Crippen LogP contribution in [-0.4, -0.2) is 22.9 Å². The van der Waals surface area contributed by atoms with Gasteiger partial charge in [-0.25, -0.2) is 0 Å². The molecular weight excluding hydrogens is 206 g/mol. The van der Waals surface area contributed by atoms with Gasteiger partial charge in [0, 0.05) is 5.54 Å². The molecule has 0 rings (SSSR count). The second-order valence-corrected chi connectivity index (χ2v) is 5.79. The molecular formula is C11H23N3O2. The van der Waals surface area contributed by atoms with Crippen LogP contribution in [0.15, 0.2) is 0 Å². The zero-order valence-corrected chi connectivity index (χ0v) is 11.0. The van der Waals surface area contributed by atoms with Crippen molar-refractivity contribution in [3.05, 3.63) is 0 Å². The summed E-state index contributed by atoms with van der Waals surface area (Å²) < 4.78 is 0. The van der Waals surface area contributed by atoms with Crippen molar-refractivity contribution in [2.75, 3.05) is 0 Å². The SMILES string of the molecule is CC(C)(NC(=O)C(C)(C)C(C)(C)N)C(N)=O. The second kappa shape index (κ2) is 4.05. The molecule has 5 N–H and O–H groups in total. The zero-order valence-electron chi connectivity index (χ0n) is 11.0. The van der Waals surface area contributed by atoms with E-state index in [0.29, 0.717) is 0 Å². The number of carbonyl (C=O) groups excluding carboxylic acids is 2. The van der Waals surface area contributed by atoms with Gasteiger partial charge >= 0.3 is 0 Å². The highest BCUT2D eigenvalue weighted by Gasteiger charge is 2.42. The first-order valence-corrected chi connectivity index (χ1v) is 5.24. The summed E-state index contributed by atoms with van der Waals surface area (Å²) in [6.07, 6.45) is 0. The average Bonchev–Trinajstić information content (AvgIpc) is 2.00. The van der Waals surface area contributed by atoms with Gasteiger partial charge in [0.15, 0.2) is 0 Å². The second-order valence-electron chi connectivity index (χ2n) is 5.79. The fraction of sp³-hybridized carbons (Fsp3) is 0.818. The van der Waals surface area contributed by atoms with Crippen LogP contribution in [0.2, 0.25) is 0 Å². The van der Waals surface area contributed by atoms with E-state index >= 15 is 0 Å². The summed E-state index contributed by atoms with van der Waals surface area (Å²) in [5.41, 5.74) is 8.57. The Labute approximate surface area is 96.9 Å². The van der Waals surface area contributed by atoms with E-state index in [4.69, 9.17) is 11.5 Å². The summed E-state index contributed by atoms with van der Waals surface area (Å²) in [6, 6.07) is 0. The number of nitrogens with one attached hydrogen (secondary N) is 1. The molecule has 0 fully saturated rings. The van der Waals surface area contributed by atoms with Crippen LogP contribution in [0.25, 0.3) is 0 Å². The number of hydrogen-bond acceptors (Lipinski definition) is 3. The summed E-state index contributed by atoms with van der Waals surface area (Å²) in [5, 5.41) is 2.61. The number of rotatable bonds is 4. The molecule has 0 aliphatic carbocycles. The van der Waals surface area contributed by atoms with Gasteiger partial charge in [0.2, 0.25) is 11.8 Å². The molecule has 0 saturated carbocycles. The fourth-order valence-electron chi connectivity index (χ4n) is 0.794. The average molecular weight is 229 g/mol. The van der Waals surface area contributed by atoms with E-state index in [-0.39, 0.29) is 5.91 Å². The van der Waals surface area contributed by atoms with Crippen molar-refractivity contribution in [2.24, 2.45) is 16.9 Å². The highest BCUT2D eigenvalue weighted by atomic mass is 16.2. The predicted molar refractivity (Wildman–Crippen MR) is 63.5 cm³/mol. The van der Waals surface area contributed by atoms with Crippen LogP contribution in [0.5, 0.6) is 0 Å². The molecule has 0 atom stereocenters. The number of carbonyl (C=O) groups is 2. The quantitative estimate of drug-likeness (QED) is 0.639. The summed E-state index contributed by atoms with van der Waals surface area (Å²) in [6.45, 7) is 10.1. The van der Waals surface area contributed by atoms with Crippen LogP contribution in [0.4, 0.5) is 0 Å². The first-order chi connectivity index (χ1) is 6.82. The first-order valence-electron chi connectivity index (χ1n) is 5.24. The Morgan fingerprint density at radius 2 is 1.38 bits per heavy atom. The molecule has 0 heterocycles. The number of hydrogen-bond donors (Lipinski definition) is 3. The Balaban J connectivity index is 4.92. The standard InChI is InChI=1S/C11H23N3O2/c1-9(2,11(5,6)13)8(16)14-10(3,4)7(12)15/h13H2,1-6H3,(H2,12,15)(H,14,16). The normalized spacial score (nSPS) is 13.4. The van der Waals surface area contributed by atoms with Gasteiger partial charge in [0.05, 0.1) is 5.41 Å². The predicted octanol–water partition coefficient (Wildman–Crippen LogP) is 0.130. The van der Waals surface area contributed by atoms with Crippen LogP contribution >= 0.6 is 0 Å². The van der Waals surface area contributed by atoms with Gasteiger partial charge in [-0.3, -0.25) is 9.59 Å². The maximum Gasteiger partial charge on any atom is 0.242 e. The maximum absolute atomic E-state index is 12.0. The summed E-state index contributed by atoms with van der Waals surface area (Å²) >= 11 is 0. The minimum absolute atomic E-state index is 0.288. The van der Waals surface area contributed by atoms with E-state index in [1.165, 1.54) is 0 Å². The molecule has 0 aliphatic rings. The molecule has 5 nitrogen and oxygen atoms in total. The van der Waals surface area contributed by atoms with Gasteiger partial charge in [-0.05, 0) is 41.5 Å². The smallest absolute Gasteiger partial charge is 0.242 e. The molecule has 5 heteroatoms. The molecule has 0 aliphatic heterocycles. The third-order valence-electron chi connectivity index (χ3n) is 3.22. The Hall–Kier alpha value is -1.10. The highest BCUT2D eigenvalue weighted by Crippen LogP contribution is 2.29. The summed E-state index contributed by atoms with van der Waals surface area (Å²) in [5.74, 6) is -0.865. The lowest BCUT2D eigenvalue weighted by atomic mass is 9.74. The molecule has 2 amide bonds. The molecule has 0 saturated heterocycles. The molecule has 16 heavy (non-hydrogen) atoms. The van der Waals surface area contributed by atoms with Crippen LogP contribution < -0.4 is 16.8 Å². The van der Waals surface area contributed by atoms with Gasteiger partial charge in [0.25, 0.3) is 0 Å². The Kier molecular flexibility index (Phi) is 3.77. The van der Waals surface area contributed by atoms with Crippen molar-refractivity contribution in [1.82, 2.24) is 5.32 Å². The van der Waals surface area contributed by atoms with E-state index in [9.17, 15) is 9.59 Å². The molecule has 0 aromatic carbocycles. The molecule has 0 unspecified atom stereocenters. The molecule has 0 aromatic heterocycles. The van der Waals surface area contributed by atoms with E-state index < -0.39 is 22.4 Å². The van der Waals surface area contributed by atoms with Crippen molar-refractivity contribution in [1.29, 1.82) is 0 Å². The van der Waals surface area contributed by atoms with Crippen molar-refractivity contribution >= 4 is 11.8 Å². The minimum atomic E-state index is -1.07. The first kappa shape index (κ1) is 14.9. The Morgan fingerprint density at radius 3 is 1.62 bits per heavy atom. The third-order valence-corrected chi connectivity index (χ3v) is 3.22. The summed E-state index contributed by atoms with van der Waals surface area (Å²) in [4.78, 5) is 23.1. The van der Waals surface area contributed by atoms with Crippen molar-refractivity contribution in [3.8, 4) is 0 Å². The van der Waals surface area contributed by atoms with Crippen LogP contribution in [0.1, 0.15) is 41.5 Å². The Morgan fingerprint density at radius 1 is 1.00 bits per heavy atom. The molecule has 0 aromatic rings. The molecule has 0 spiro atoms. The highest BCUT2D eigenvalue weighted by molar-refractivity contribution is 5.92. The molecule has 94 valence electrons. The van der Waals surface area contributed by atoms with E-state index in [0.717, 1.165) is 0 Å². The van der Waals surface area contributed by atoms with Gasteiger partial charge in [-0.2, -0.15) is 0 Å².